The topological polar surface area (TPSA) is 175 Å². The standard InChI is InChI=1S/C72H117NO10/c1-4-7-10-13-16-19-22-25-27-28-29-30-31-32-33-34-35-36-37-39-41-44-47-50-53-56-59-65(76)71(80)73-63(64(75)58-55-52-49-46-43-40-24-21-18-15-12-9-6-3)62-81-72-70(69(79)68(78)66(61-74)82-72)83-67(77)60-57-54-51-48-45-42-38-26-23-20-17-14-11-8-5-2/h7-8,10-11,14,16-17,19-20,23,25-27,29-30,32-33,35-36,38,42,45,55,58,63-66,68-70,72,74-76,78-79H,4-6,9,12-13,15,18,21-22,24,28,31,34,37,39-41,43-44,46-54,56-57,59-62H2,1-3H3,(H,73,80)/b10-7-,11-8+,17-14+,19-16-,23-20-,27-25-,30-29-,33-32-,36-35-,38-26-,45-42+,58-55+. The average molecular weight is 1160 g/mol. The number of ether oxygens (including phenoxy) is 3. The molecule has 1 aliphatic heterocycles. The minimum absolute atomic E-state index is 0.0652. The van der Waals surface area contributed by atoms with Crippen LogP contribution in [0.15, 0.2) is 146 Å². The molecule has 11 nitrogen and oxygen atoms in total. The Bertz CT molecular complexity index is 1910. The predicted octanol–water partition coefficient (Wildman–Crippen LogP) is 16.2. The summed E-state index contributed by atoms with van der Waals surface area (Å²) in [5.41, 5.74) is 0. The van der Waals surface area contributed by atoms with Gasteiger partial charge in [0.2, 0.25) is 5.91 Å². The zero-order chi connectivity index (χ0) is 60.3. The van der Waals surface area contributed by atoms with Crippen LogP contribution in [0.25, 0.3) is 0 Å². The summed E-state index contributed by atoms with van der Waals surface area (Å²) in [5.74, 6) is -1.26. The molecule has 1 rings (SSSR count). The number of carbonyl (C=O) groups is 2. The molecule has 0 bridgehead atoms. The van der Waals surface area contributed by atoms with Gasteiger partial charge < -0.3 is 45.1 Å². The van der Waals surface area contributed by atoms with Gasteiger partial charge in [-0.15, -0.1) is 0 Å². The van der Waals surface area contributed by atoms with Crippen molar-refractivity contribution in [1.82, 2.24) is 5.32 Å². The SMILES string of the molecule is CC/C=C\C/C=C\C/C=C\C/C=C\C/C=C\C/C=C\CCCCCCCCCC(O)C(=O)NC(COC1OC(CO)C(O)C(O)C1OC(=O)CCCCC/C=C/C=C\C=C/C=C/C=C/CC)C(O)/C=C/CCCCCCCCCCCCC. The van der Waals surface area contributed by atoms with Crippen LogP contribution in [0.1, 0.15) is 233 Å². The highest BCUT2D eigenvalue weighted by Crippen LogP contribution is 2.26. The molecule has 0 radical (unpaired) electrons. The number of hydrogen-bond donors (Lipinski definition) is 6. The number of aliphatic hydroxyl groups excluding tert-OH is 5. The van der Waals surface area contributed by atoms with E-state index in [1.807, 2.05) is 54.7 Å². The third kappa shape index (κ3) is 45.6. The lowest BCUT2D eigenvalue weighted by Gasteiger charge is -2.41. The Morgan fingerprint density at radius 1 is 0.494 bits per heavy atom. The maximum Gasteiger partial charge on any atom is 0.306 e. The number of allylic oxidation sites excluding steroid dienone is 23. The van der Waals surface area contributed by atoms with Gasteiger partial charge in [-0.25, -0.2) is 0 Å². The molecule has 8 unspecified atom stereocenters. The van der Waals surface area contributed by atoms with E-state index >= 15 is 0 Å². The van der Waals surface area contributed by atoms with Crippen molar-refractivity contribution in [3.05, 3.63) is 146 Å². The molecule has 0 saturated carbocycles. The zero-order valence-corrected chi connectivity index (χ0v) is 52.0. The lowest BCUT2D eigenvalue weighted by Crippen LogP contribution is -2.61. The lowest BCUT2D eigenvalue weighted by atomic mass is 9.99. The summed E-state index contributed by atoms with van der Waals surface area (Å²) in [4.78, 5) is 26.6. The van der Waals surface area contributed by atoms with Crippen LogP contribution >= 0.6 is 0 Å². The van der Waals surface area contributed by atoms with Crippen LogP contribution < -0.4 is 5.32 Å². The van der Waals surface area contributed by atoms with E-state index in [2.05, 4.69) is 111 Å². The fraction of sp³-hybridized carbons (Fsp3) is 0.639. The van der Waals surface area contributed by atoms with Gasteiger partial charge in [0.25, 0.3) is 0 Å². The number of nitrogens with one attached hydrogen (secondary N) is 1. The van der Waals surface area contributed by atoms with Crippen LogP contribution in [-0.2, 0) is 23.8 Å². The van der Waals surface area contributed by atoms with Crippen LogP contribution in [0.4, 0.5) is 0 Å². The highest BCUT2D eigenvalue weighted by molar-refractivity contribution is 5.80. The van der Waals surface area contributed by atoms with Gasteiger partial charge in [-0.05, 0) is 96.3 Å². The minimum Gasteiger partial charge on any atom is -0.454 e. The summed E-state index contributed by atoms with van der Waals surface area (Å²) in [5, 5.41) is 57.1. The summed E-state index contributed by atoms with van der Waals surface area (Å²) in [7, 11) is 0. The lowest BCUT2D eigenvalue weighted by molar-refractivity contribution is -0.305. The molecule has 8 atom stereocenters. The number of esters is 1. The quantitative estimate of drug-likeness (QED) is 0.0149. The number of amides is 1. The van der Waals surface area contributed by atoms with Crippen LogP contribution in [0.5, 0.6) is 0 Å². The Balaban J connectivity index is 2.67. The van der Waals surface area contributed by atoms with E-state index in [-0.39, 0.29) is 19.4 Å². The van der Waals surface area contributed by atoms with Crippen molar-refractivity contribution in [2.75, 3.05) is 13.2 Å². The highest BCUT2D eigenvalue weighted by Gasteiger charge is 2.47. The first kappa shape index (κ1) is 76.6. The molecule has 0 aliphatic carbocycles. The van der Waals surface area contributed by atoms with E-state index in [9.17, 15) is 35.1 Å². The van der Waals surface area contributed by atoms with Crippen molar-refractivity contribution >= 4 is 11.9 Å². The van der Waals surface area contributed by atoms with Gasteiger partial charge >= 0.3 is 5.97 Å². The second kappa shape index (κ2) is 57.9. The first-order chi connectivity index (χ1) is 40.7. The summed E-state index contributed by atoms with van der Waals surface area (Å²) in [6.45, 7) is 5.49. The van der Waals surface area contributed by atoms with Crippen molar-refractivity contribution in [1.29, 1.82) is 0 Å². The maximum absolute atomic E-state index is 13.5. The smallest absolute Gasteiger partial charge is 0.306 e. The molecule has 6 N–H and O–H groups in total. The van der Waals surface area contributed by atoms with Gasteiger partial charge in [0.1, 0.15) is 24.4 Å². The predicted molar refractivity (Wildman–Crippen MR) is 347 cm³/mol. The molecule has 83 heavy (non-hydrogen) atoms. The Hall–Kier alpha value is -4.46. The molecular formula is C72H117NO10. The van der Waals surface area contributed by atoms with E-state index < -0.39 is 67.4 Å². The summed E-state index contributed by atoms with van der Waals surface area (Å²) in [6, 6.07) is -1.05. The summed E-state index contributed by atoms with van der Waals surface area (Å²) in [6.07, 6.45) is 73.1. The molecule has 1 aliphatic rings. The fourth-order valence-corrected chi connectivity index (χ4v) is 9.26. The molecule has 0 aromatic rings. The Morgan fingerprint density at radius 2 is 0.928 bits per heavy atom. The molecule has 1 heterocycles. The molecule has 470 valence electrons. The van der Waals surface area contributed by atoms with Crippen LogP contribution in [0.2, 0.25) is 0 Å². The highest BCUT2D eigenvalue weighted by atomic mass is 16.7. The first-order valence-corrected chi connectivity index (χ1v) is 32.7. The van der Waals surface area contributed by atoms with Gasteiger partial charge in [0, 0.05) is 6.42 Å². The number of rotatable bonds is 53. The number of unbranched alkanes of at least 4 members (excludes halogenated alkanes) is 21. The second-order valence-electron chi connectivity index (χ2n) is 21.9. The largest absolute Gasteiger partial charge is 0.454 e. The minimum atomic E-state index is -1.64. The molecule has 1 amide bonds. The number of carbonyl (C=O) groups excluding carboxylic acids is 2. The Labute approximate surface area is 505 Å². The van der Waals surface area contributed by atoms with Gasteiger partial charge in [0.15, 0.2) is 12.4 Å². The number of aliphatic hydroxyl groups is 5. The van der Waals surface area contributed by atoms with Crippen molar-refractivity contribution in [3.63, 3.8) is 0 Å². The zero-order valence-electron chi connectivity index (χ0n) is 52.0. The average Bonchev–Trinajstić information content (AvgIpc) is 3.55. The van der Waals surface area contributed by atoms with Crippen molar-refractivity contribution in [3.8, 4) is 0 Å². The Morgan fingerprint density at radius 3 is 1.45 bits per heavy atom. The molecule has 0 aromatic heterocycles. The molecule has 1 saturated heterocycles. The van der Waals surface area contributed by atoms with Crippen molar-refractivity contribution in [2.24, 2.45) is 0 Å². The number of hydrogen-bond acceptors (Lipinski definition) is 10. The maximum atomic E-state index is 13.5. The summed E-state index contributed by atoms with van der Waals surface area (Å²) < 4.78 is 17.6. The van der Waals surface area contributed by atoms with Crippen LogP contribution in [-0.4, -0.2) is 99.6 Å². The third-order valence-corrected chi connectivity index (χ3v) is 14.4. The van der Waals surface area contributed by atoms with Gasteiger partial charge in [0.05, 0.1) is 25.4 Å². The normalized spacial score (nSPS) is 19.5. The fourth-order valence-electron chi connectivity index (χ4n) is 9.26. The van der Waals surface area contributed by atoms with E-state index in [4.69, 9.17) is 14.2 Å². The van der Waals surface area contributed by atoms with E-state index in [0.717, 1.165) is 128 Å². The van der Waals surface area contributed by atoms with E-state index in [1.165, 1.54) is 57.8 Å². The molecule has 11 heteroatoms. The monoisotopic (exact) mass is 1160 g/mol. The molecular weight excluding hydrogens is 1040 g/mol. The van der Waals surface area contributed by atoms with Crippen molar-refractivity contribution in [2.45, 2.75) is 282 Å². The van der Waals surface area contributed by atoms with Gasteiger partial charge in [-0.3, -0.25) is 9.59 Å². The molecule has 0 spiro atoms. The third-order valence-electron chi connectivity index (χ3n) is 14.4. The second-order valence-corrected chi connectivity index (χ2v) is 21.9. The first-order valence-electron chi connectivity index (χ1n) is 32.7. The molecule has 0 aromatic carbocycles. The van der Waals surface area contributed by atoms with Crippen LogP contribution in [0.3, 0.4) is 0 Å². The summed E-state index contributed by atoms with van der Waals surface area (Å²) >= 11 is 0. The van der Waals surface area contributed by atoms with E-state index in [1.54, 1.807) is 6.08 Å². The molecule has 1 fully saturated rings. The van der Waals surface area contributed by atoms with Crippen LogP contribution in [0, 0.1) is 0 Å². The van der Waals surface area contributed by atoms with E-state index in [0.29, 0.717) is 12.8 Å². The Kier molecular flexibility index (Phi) is 53.4. The van der Waals surface area contributed by atoms with Crippen molar-refractivity contribution < 1.29 is 49.3 Å². The van der Waals surface area contributed by atoms with Gasteiger partial charge in [-0.1, -0.05) is 276 Å². The van der Waals surface area contributed by atoms with Gasteiger partial charge in [-0.2, -0.15) is 0 Å².